The Kier molecular flexibility index (Phi) is 7.80. The molecule has 1 heterocycles. The van der Waals surface area contributed by atoms with Gasteiger partial charge in [-0.15, -0.1) is 10.2 Å². The molecule has 7 nitrogen and oxygen atoms in total. The first kappa shape index (κ1) is 25.2. The van der Waals surface area contributed by atoms with Gasteiger partial charge in [0.05, 0.1) is 18.0 Å². The third-order valence-electron chi connectivity index (χ3n) is 6.16. The van der Waals surface area contributed by atoms with Crippen LogP contribution in [-0.2, 0) is 11.3 Å². The van der Waals surface area contributed by atoms with Crippen molar-refractivity contribution in [2.75, 3.05) is 5.32 Å². The van der Waals surface area contributed by atoms with Crippen LogP contribution in [0.2, 0.25) is 0 Å². The number of anilines is 1. The fourth-order valence-corrected chi connectivity index (χ4v) is 4.96. The number of hydrazone groups is 1. The van der Waals surface area contributed by atoms with Crippen molar-refractivity contribution in [3.8, 4) is 5.69 Å². The van der Waals surface area contributed by atoms with E-state index in [9.17, 15) is 4.79 Å². The van der Waals surface area contributed by atoms with Crippen LogP contribution >= 0.6 is 11.8 Å². The second-order valence-electron chi connectivity index (χ2n) is 8.80. The summed E-state index contributed by atoms with van der Waals surface area (Å²) >= 11 is 1.34. The van der Waals surface area contributed by atoms with E-state index >= 15 is 0 Å². The van der Waals surface area contributed by atoms with Gasteiger partial charge in [0.25, 0.3) is 5.91 Å². The van der Waals surface area contributed by atoms with Crippen LogP contribution in [0.5, 0.6) is 0 Å². The van der Waals surface area contributed by atoms with E-state index in [-0.39, 0.29) is 5.91 Å². The van der Waals surface area contributed by atoms with Gasteiger partial charge in [-0.3, -0.25) is 9.36 Å². The van der Waals surface area contributed by atoms with E-state index in [1.807, 2.05) is 91.2 Å². The van der Waals surface area contributed by atoms with E-state index in [1.165, 1.54) is 17.1 Å². The number of rotatable bonds is 9. The molecule has 0 saturated heterocycles. The summed E-state index contributed by atoms with van der Waals surface area (Å²) in [5, 5.41) is 19.1. The van der Waals surface area contributed by atoms with Gasteiger partial charge in [0.15, 0.2) is 11.0 Å². The average Bonchev–Trinajstić information content (AvgIpc) is 3.35. The molecule has 1 amide bonds. The monoisotopic (exact) mass is 520 g/mol. The van der Waals surface area contributed by atoms with Crippen LogP contribution in [0.1, 0.15) is 23.9 Å². The van der Waals surface area contributed by atoms with E-state index in [0.29, 0.717) is 11.7 Å². The van der Waals surface area contributed by atoms with Gasteiger partial charge < -0.3 is 5.32 Å². The Bertz CT molecular complexity index is 1580. The van der Waals surface area contributed by atoms with E-state index in [0.717, 1.165) is 33.7 Å². The van der Waals surface area contributed by atoms with Crippen molar-refractivity contribution in [2.45, 2.75) is 30.8 Å². The maximum atomic E-state index is 12.8. The molecule has 0 aliphatic heterocycles. The molecule has 4 aromatic carbocycles. The predicted molar refractivity (Wildman–Crippen MR) is 155 cm³/mol. The second kappa shape index (κ2) is 11.7. The van der Waals surface area contributed by atoms with Crippen LogP contribution in [0.4, 0.5) is 5.69 Å². The first-order valence-electron chi connectivity index (χ1n) is 12.4. The van der Waals surface area contributed by atoms with Gasteiger partial charge >= 0.3 is 0 Å². The Balaban J connectivity index is 1.33. The topological polar surface area (TPSA) is 84.2 Å². The summed E-state index contributed by atoms with van der Waals surface area (Å²) in [4.78, 5) is 12.8. The van der Waals surface area contributed by atoms with Gasteiger partial charge in [0.1, 0.15) is 0 Å². The van der Waals surface area contributed by atoms with Crippen molar-refractivity contribution in [3.63, 3.8) is 0 Å². The van der Waals surface area contributed by atoms with Crippen LogP contribution < -0.4 is 10.7 Å². The lowest BCUT2D eigenvalue weighted by Gasteiger charge is -2.14. The minimum absolute atomic E-state index is 0.210. The minimum atomic E-state index is -0.436. The molecule has 8 heteroatoms. The Morgan fingerprint density at radius 1 is 0.947 bits per heavy atom. The fraction of sp³-hybridized carbons (Fsp3) is 0.133. The zero-order valence-corrected chi connectivity index (χ0v) is 22.0. The van der Waals surface area contributed by atoms with E-state index in [1.54, 1.807) is 6.21 Å². The van der Waals surface area contributed by atoms with Crippen LogP contribution in [0.3, 0.4) is 0 Å². The van der Waals surface area contributed by atoms with Crippen molar-refractivity contribution >= 4 is 40.3 Å². The molecule has 5 rings (SSSR count). The number of aryl methyl sites for hydroxylation is 1. The number of benzene rings is 4. The number of fused-ring (bicyclic) bond motifs is 1. The van der Waals surface area contributed by atoms with Crippen LogP contribution in [0, 0.1) is 6.92 Å². The third kappa shape index (κ3) is 5.76. The Hall–Kier alpha value is -4.43. The van der Waals surface area contributed by atoms with Crippen molar-refractivity contribution in [1.82, 2.24) is 20.2 Å². The lowest BCUT2D eigenvalue weighted by molar-refractivity contribution is -0.120. The highest BCUT2D eigenvalue weighted by atomic mass is 32.2. The number of carbonyl (C=O) groups is 1. The minimum Gasteiger partial charge on any atom is -0.377 e. The van der Waals surface area contributed by atoms with Crippen molar-refractivity contribution < 1.29 is 4.79 Å². The van der Waals surface area contributed by atoms with Gasteiger partial charge in [-0.05, 0) is 48.6 Å². The highest BCUT2D eigenvalue weighted by Gasteiger charge is 2.21. The predicted octanol–water partition coefficient (Wildman–Crippen LogP) is 5.97. The molecule has 0 saturated carbocycles. The number of aromatic nitrogens is 3. The molecule has 0 aliphatic carbocycles. The number of amides is 1. The Morgan fingerprint density at radius 3 is 2.53 bits per heavy atom. The highest BCUT2D eigenvalue weighted by molar-refractivity contribution is 8.00. The number of carbonyl (C=O) groups excluding carboxylic acids is 1. The maximum absolute atomic E-state index is 12.8. The standard InChI is InChI=1S/C30H28N6OS/c1-21-11-6-7-13-24(21)19-32-34-29(37)22(2)38-30-35-33-28(36(30)25-15-4-3-5-16-25)20-31-27-18-10-14-23-12-8-9-17-26(23)27/h3-19,22,31H,20H2,1-2H3,(H,34,37)/b32-19-/t22-/m0/s1. The lowest BCUT2D eigenvalue weighted by Crippen LogP contribution is -2.27. The molecule has 190 valence electrons. The van der Waals surface area contributed by atoms with Crippen LogP contribution in [0.15, 0.2) is 107 Å². The summed E-state index contributed by atoms with van der Waals surface area (Å²) in [6, 6.07) is 32.3. The summed E-state index contributed by atoms with van der Waals surface area (Å²) < 4.78 is 1.99. The molecule has 0 radical (unpaired) electrons. The van der Waals surface area contributed by atoms with Crippen LogP contribution in [-0.4, -0.2) is 32.1 Å². The number of nitrogens with zero attached hydrogens (tertiary/aromatic N) is 4. The molecule has 0 aliphatic rings. The van der Waals surface area contributed by atoms with Crippen molar-refractivity contribution in [1.29, 1.82) is 0 Å². The van der Waals surface area contributed by atoms with Crippen molar-refractivity contribution in [2.24, 2.45) is 5.10 Å². The zero-order valence-electron chi connectivity index (χ0n) is 21.2. The molecule has 5 aromatic rings. The molecule has 0 fully saturated rings. The number of para-hydroxylation sites is 1. The fourth-order valence-electron chi connectivity index (χ4n) is 4.08. The number of hydrogen-bond donors (Lipinski definition) is 2. The molecule has 0 bridgehead atoms. The quantitative estimate of drug-likeness (QED) is 0.142. The first-order valence-corrected chi connectivity index (χ1v) is 13.2. The molecule has 2 N–H and O–H groups in total. The highest BCUT2D eigenvalue weighted by Crippen LogP contribution is 2.27. The molecule has 0 unspecified atom stereocenters. The second-order valence-corrected chi connectivity index (χ2v) is 10.1. The van der Waals surface area contributed by atoms with Gasteiger partial charge in [0, 0.05) is 16.8 Å². The summed E-state index contributed by atoms with van der Waals surface area (Å²) in [7, 11) is 0. The maximum Gasteiger partial charge on any atom is 0.253 e. The smallest absolute Gasteiger partial charge is 0.253 e. The van der Waals surface area contributed by atoms with E-state index in [4.69, 9.17) is 0 Å². The molecular formula is C30H28N6OS. The summed E-state index contributed by atoms with van der Waals surface area (Å²) in [6.07, 6.45) is 1.66. The SMILES string of the molecule is Cc1ccccc1/C=N\NC(=O)[C@H](C)Sc1nnc(CNc2cccc3ccccc23)n1-c1ccccc1. The molecule has 0 spiro atoms. The van der Waals surface area contributed by atoms with Gasteiger partial charge in [-0.1, -0.05) is 90.6 Å². The van der Waals surface area contributed by atoms with Crippen molar-refractivity contribution in [3.05, 3.63) is 114 Å². The Labute approximate surface area is 226 Å². The molecular weight excluding hydrogens is 492 g/mol. The summed E-state index contributed by atoms with van der Waals surface area (Å²) in [5.74, 6) is 0.537. The van der Waals surface area contributed by atoms with Gasteiger partial charge in [0.2, 0.25) is 0 Å². The number of nitrogens with one attached hydrogen (secondary N) is 2. The van der Waals surface area contributed by atoms with Gasteiger partial charge in [-0.25, -0.2) is 5.43 Å². The average molecular weight is 521 g/mol. The molecule has 1 atom stereocenters. The Morgan fingerprint density at radius 2 is 1.68 bits per heavy atom. The van der Waals surface area contributed by atoms with E-state index in [2.05, 4.69) is 50.3 Å². The summed E-state index contributed by atoms with van der Waals surface area (Å²) in [6.45, 7) is 4.31. The van der Waals surface area contributed by atoms with Gasteiger partial charge in [-0.2, -0.15) is 5.10 Å². The largest absolute Gasteiger partial charge is 0.377 e. The number of hydrogen-bond acceptors (Lipinski definition) is 6. The normalized spacial score (nSPS) is 12.1. The zero-order chi connectivity index (χ0) is 26.3. The summed E-state index contributed by atoms with van der Waals surface area (Å²) in [5.41, 5.74) is 6.66. The lowest BCUT2D eigenvalue weighted by atomic mass is 10.1. The number of thioether (sulfide) groups is 1. The first-order chi connectivity index (χ1) is 18.6. The van der Waals surface area contributed by atoms with Crippen LogP contribution in [0.25, 0.3) is 16.5 Å². The molecule has 38 heavy (non-hydrogen) atoms. The third-order valence-corrected chi connectivity index (χ3v) is 7.20. The molecule has 1 aromatic heterocycles. The van der Waals surface area contributed by atoms with E-state index < -0.39 is 5.25 Å².